The first-order valence-corrected chi connectivity index (χ1v) is 11.2. The number of carbonyl (C=O) groups excluding carboxylic acids is 1. The highest BCUT2D eigenvalue weighted by Crippen LogP contribution is 2.13. The van der Waals surface area contributed by atoms with Crippen molar-refractivity contribution in [2.24, 2.45) is 5.10 Å². The van der Waals surface area contributed by atoms with Gasteiger partial charge in [0.05, 0.1) is 29.1 Å². The Labute approximate surface area is 176 Å². The average molecular weight is 450 g/mol. The lowest BCUT2D eigenvalue weighted by molar-refractivity contribution is -0.136. The molecule has 3 rings (SSSR count). The standard InChI is InChI=1S/C18H19N5O5S2/c1-12(21-22-16(24)10-14-11-23-7-8-29-18(23)20-14)13-3-2-4-15(9-13)30(27,28)19-6-5-17(25)26/h2-4,7-9,11,19H,5-6,10H2,1H3,(H,22,24)(H,25,26). The van der Waals surface area contributed by atoms with Gasteiger partial charge in [0.15, 0.2) is 4.96 Å². The summed E-state index contributed by atoms with van der Waals surface area (Å²) in [6.07, 6.45) is 3.37. The van der Waals surface area contributed by atoms with Gasteiger partial charge in [-0.1, -0.05) is 12.1 Å². The molecular formula is C18H19N5O5S2. The summed E-state index contributed by atoms with van der Waals surface area (Å²) in [5, 5.41) is 14.6. The van der Waals surface area contributed by atoms with Gasteiger partial charge >= 0.3 is 5.97 Å². The van der Waals surface area contributed by atoms with Crippen molar-refractivity contribution < 1.29 is 23.1 Å². The second-order valence-electron chi connectivity index (χ2n) is 6.30. The number of carboxylic acids is 1. The van der Waals surface area contributed by atoms with Crippen molar-refractivity contribution in [3.05, 3.63) is 53.3 Å². The zero-order valence-corrected chi connectivity index (χ0v) is 17.5. The Kier molecular flexibility index (Phi) is 6.59. The van der Waals surface area contributed by atoms with Crippen molar-refractivity contribution in [3.63, 3.8) is 0 Å². The van der Waals surface area contributed by atoms with Crippen molar-refractivity contribution in [1.82, 2.24) is 19.5 Å². The number of aromatic nitrogens is 2. The van der Waals surface area contributed by atoms with Crippen molar-refractivity contribution in [1.29, 1.82) is 0 Å². The van der Waals surface area contributed by atoms with Crippen LogP contribution in [0.25, 0.3) is 4.96 Å². The highest BCUT2D eigenvalue weighted by atomic mass is 32.2. The van der Waals surface area contributed by atoms with Gasteiger partial charge < -0.3 is 5.11 Å². The number of hydrogen-bond donors (Lipinski definition) is 3. The Morgan fingerprint density at radius 2 is 2.13 bits per heavy atom. The molecule has 2 aromatic heterocycles. The number of imidazole rings is 1. The molecule has 0 aliphatic rings. The van der Waals surface area contributed by atoms with Gasteiger partial charge in [0.25, 0.3) is 0 Å². The Hall–Kier alpha value is -3.09. The Morgan fingerprint density at radius 3 is 2.87 bits per heavy atom. The third kappa shape index (κ3) is 5.49. The van der Waals surface area contributed by atoms with E-state index in [1.54, 1.807) is 25.3 Å². The lowest BCUT2D eigenvalue weighted by Crippen LogP contribution is -2.26. The SMILES string of the molecule is CC(=NNC(=O)Cc1cn2ccsc2n1)c1cccc(S(=O)(=O)NCCC(=O)O)c1. The molecule has 0 aliphatic heterocycles. The van der Waals surface area contributed by atoms with E-state index < -0.39 is 16.0 Å². The lowest BCUT2D eigenvalue weighted by atomic mass is 10.1. The highest BCUT2D eigenvalue weighted by Gasteiger charge is 2.15. The largest absolute Gasteiger partial charge is 0.481 e. The zero-order chi connectivity index (χ0) is 21.7. The van der Waals surface area contributed by atoms with Crippen LogP contribution in [0.15, 0.2) is 52.0 Å². The predicted octanol–water partition coefficient (Wildman–Crippen LogP) is 1.23. The third-order valence-electron chi connectivity index (χ3n) is 4.03. The van der Waals surface area contributed by atoms with Gasteiger partial charge in [-0.3, -0.25) is 14.0 Å². The fraction of sp³-hybridized carbons (Fsp3) is 0.222. The van der Waals surface area contributed by atoms with E-state index in [-0.39, 0.29) is 30.2 Å². The average Bonchev–Trinajstić information content (AvgIpc) is 3.27. The number of sulfonamides is 1. The molecule has 0 saturated carbocycles. The van der Waals surface area contributed by atoms with Crippen molar-refractivity contribution in [2.45, 2.75) is 24.7 Å². The monoisotopic (exact) mass is 449 g/mol. The quantitative estimate of drug-likeness (QED) is 0.331. The normalized spacial score (nSPS) is 12.2. The zero-order valence-electron chi connectivity index (χ0n) is 15.9. The maximum absolute atomic E-state index is 12.3. The van der Waals surface area contributed by atoms with Crippen molar-refractivity contribution in [2.75, 3.05) is 6.54 Å². The van der Waals surface area contributed by atoms with Gasteiger partial charge in [-0.25, -0.2) is 23.5 Å². The summed E-state index contributed by atoms with van der Waals surface area (Å²) < 4.78 is 28.6. The number of nitrogens with one attached hydrogen (secondary N) is 2. The smallest absolute Gasteiger partial charge is 0.304 e. The van der Waals surface area contributed by atoms with Gasteiger partial charge in [0, 0.05) is 24.3 Å². The van der Waals surface area contributed by atoms with E-state index in [2.05, 4.69) is 20.2 Å². The molecule has 3 N–H and O–H groups in total. The first-order chi connectivity index (χ1) is 14.2. The van der Waals surface area contributed by atoms with E-state index in [4.69, 9.17) is 5.11 Å². The minimum atomic E-state index is -3.86. The molecule has 0 bridgehead atoms. The first-order valence-electron chi connectivity index (χ1n) is 8.81. The molecule has 0 radical (unpaired) electrons. The number of nitrogens with zero attached hydrogens (tertiary/aromatic N) is 3. The van der Waals surface area contributed by atoms with Crippen LogP contribution in [0.5, 0.6) is 0 Å². The van der Waals surface area contributed by atoms with Crippen LogP contribution in [0.2, 0.25) is 0 Å². The maximum atomic E-state index is 12.3. The Bertz CT molecular complexity index is 1180. The molecule has 12 heteroatoms. The molecule has 0 fully saturated rings. The van der Waals surface area contributed by atoms with Crippen LogP contribution in [-0.4, -0.2) is 47.0 Å². The molecular weight excluding hydrogens is 430 g/mol. The van der Waals surface area contributed by atoms with Crippen molar-refractivity contribution in [3.8, 4) is 0 Å². The number of carboxylic acid groups (broad SMARTS) is 1. The van der Waals surface area contributed by atoms with Crippen LogP contribution >= 0.6 is 11.3 Å². The molecule has 1 amide bonds. The fourth-order valence-electron chi connectivity index (χ4n) is 2.54. The summed E-state index contributed by atoms with van der Waals surface area (Å²) in [6, 6.07) is 5.99. The number of aliphatic carboxylic acids is 1. The first kappa shape index (κ1) is 21.6. The highest BCUT2D eigenvalue weighted by molar-refractivity contribution is 7.89. The summed E-state index contributed by atoms with van der Waals surface area (Å²) in [5.74, 6) is -1.44. The molecule has 0 saturated heterocycles. The van der Waals surface area contributed by atoms with Crippen LogP contribution in [0.4, 0.5) is 0 Å². The van der Waals surface area contributed by atoms with E-state index >= 15 is 0 Å². The van der Waals surface area contributed by atoms with E-state index in [0.29, 0.717) is 17.0 Å². The van der Waals surface area contributed by atoms with Crippen molar-refractivity contribution >= 4 is 43.9 Å². The molecule has 30 heavy (non-hydrogen) atoms. The second-order valence-corrected chi connectivity index (χ2v) is 8.94. The van der Waals surface area contributed by atoms with Gasteiger partial charge in [-0.05, 0) is 24.6 Å². The molecule has 0 atom stereocenters. The van der Waals surface area contributed by atoms with E-state index in [9.17, 15) is 18.0 Å². The van der Waals surface area contributed by atoms with Gasteiger partial charge in [0.2, 0.25) is 15.9 Å². The second kappa shape index (κ2) is 9.15. The topological polar surface area (TPSA) is 142 Å². The van der Waals surface area contributed by atoms with Crippen LogP contribution in [0.3, 0.4) is 0 Å². The number of rotatable bonds is 9. The summed E-state index contributed by atoms with van der Waals surface area (Å²) in [5.41, 5.74) is 3.97. The third-order valence-corrected chi connectivity index (χ3v) is 6.26. The number of amides is 1. The number of fused-ring (bicyclic) bond motifs is 1. The minimum Gasteiger partial charge on any atom is -0.481 e. The summed E-state index contributed by atoms with van der Waals surface area (Å²) in [4.78, 5) is 27.8. The number of hydrogen-bond acceptors (Lipinski definition) is 7. The van der Waals surface area contributed by atoms with Crippen LogP contribution in [-0.2, 0) is 26.0 Å². The number of hydrazone groups is 1. The van der Waals surface area contributed by atoms with E-state index in [1.165, 1.54) is 23.5 Å². The minimum absolute atomic E-state index is 0.0238. The molecule has 0 unspecified atom stereocenters. The molecule has 158 valence electrons. The van der Waals surface area contributed by atoms with Crippen LogP contribution < -0.4 is 10.1 Å². The number of benzene rings is 1. The molecule has 2 heterocycles. The summed E-state index contributed by atoms with van der Waals surface area (Å²) in [7, 11) is -3.86. The fourth-order valence-corrected chi connectivity index (χ4v) is 4.34. The predicted molar refractivity (Wildman–Crippen MR) is 111 cm³/mol. The van der Waals surface area contributed by atoms with Crippen LogP contribution in [0.1, 0.15) is 24.6 Å². The van der Waals surface area contributed by atoms with Gasteiger partial charge in [0.1, 0.15) is 0 Å². The summed E-state index contributed by atoms with van der Waals surface area (Å²) >= 11 is 1.47. The summed E-state index contributed by atoms with van der Waals surface area (Å²) in [6.45, 7) is 1.42. The Morgan fingerprint density at radius 1 is 1.33 bits per heavy atom. The Balaban J connectivity index is 1.63. The number of thiazole rings is 1. The van der Waals surface area contributed by atoms with E-state index in [1.807, 2.05) is 16.0 Å². The maximum Gasteiger partial charge on any atom is 0.304 e. The molecule has 1 aromatic carbocycles. The molecule has 0 spiro atoms. The van der Waals surface area contributed by atoms with Crippen LogP contribution in [0, 0.1) is 0 Å². The molecule has 3 aromatic rings. The lowest BCUT2D eigenvalue weighted by Gasteiger charge is -2.08. The van der Waals surface area contributed by atoms with E-state index in [0.717, 1.165) is 4.96 Å². The molecule has 10 nitrogen and oxygen atoms in total. The van der Waals surface area contributed by atoms with Gasteiger partial charge in [-0.2, -0.15) is 5.10 Å². The molecule has 0 aliphatic carbocycles. The van der Waals surface area contributed by atoms with Gasteiger partial charge in [-0.15, -0.1) is 11.3 Å². The number of carbonyl (C=O) groups is 2.